The van der Waals surface area contributed by atoms with Gasteiger partial charge in [-0.2, -0.15) is 0 Å². The number of nitrogens with zero attached hydrogens (tertiary/aromatic N) is 1. The largest absolute Gasteiger partial charge is 0.497 e. The minimum Gasteiger partial charge on any atom is -0.497 e. The second-order valence-corrected chi connectivity index (χ2v) is 10.3. The third-order valence-electron chi connectivity index (χ3n) is 6.92. The van der Waals surface area contributed by atoms with E-state index in [-0.39, 0.29) is 17.8 Å². The monoisotopic (exact) mass is 518 g/mol. The number of unbranched alkanes of at least 4 members (excludes halogenated alkanes) is 2. The number of carbonyl (C=O) groups is 2. The van der Waals surface area contributed by atoms with Gasteiger partial charge in [-0.25, -0.2) is 0 Å². The summed E-state index contributed by atoms with van der Waals surface area (Å²) < 4.78 is 10.8. The van der Waals surface area contributed by atoms with Gasteiger partial charge in [-0.15, -0.1) is 5.73 Å². The van der Waals surface area contributed by atoms with E-state index in [1.165, 1.54) is 5.57 Å². The van der Waals surface area contributed by atoms with E-state index in [1.54, 1.807) is 31.4 Å². The van der Waals surface area contributed by atoms with Gasteiger partial charge in [0.15, 0.2) is 5.78 Å². The molecule has 0 saturated heterocycles. The first kappa shape index (κ1) is 27.5. The van der Waals surface area contributed by atoms with Gasteiger partial charge in [0.2, 0.25) is 5.91 Å². The highest BCUT2D eigenvalue weighted by molar-refractivity contribution is 5.96. The number of carbonyl (C=O) groups excluding carboxylic acids is 2. The van der Waals surface area contributed by atoms with Crippen molar-refractivity contribution in [3.8, 4) is 11.5 Å². The molecule has 38 heavy (non-hydrogen) atoms. The van der Waals surface area contributed by atoms with Crippen molar-refractivity contribution in [2.75, 3.05) is 13.7 Å². The molecule has 4 rings (SSSR count). The molecule has 7 nitrogen and oxygen atoms in total. The Morgan fingerprint density at radius 2 is 1.71 bits per heavy atom. The predicted octanol–water partition coefficient (Wildman–Crippen LogP) is 4.96. The topological polar surface area (TPSA) is 88.1 Å². The van der Waals surface area contributed by atoms with Crippen LogP contribution in [0.2, 0.25) is 0 Å². The fourth-order valence-corrected chi connectivity index (χ4v) is 4.71. The number of methoxy groups -OCH3 is 1. The van der Waals surface area contributed by atoms with Gasteiger partial charge in [0, 0.05) is 37.6 Å². The molecule has 2 N–H and O–H groups in total. The normalized spacial score (nSPS) is 17.0. The van der Waals surface area contributed by atoms with Crippen LogP contribution in [0.4, 0.5) is 0 Å². The first-order valence-corrected chi connectivity index (χ1v) is 13.5. The molecule has 0 radical (unpaired) electrons. The van der Waals surface area contributed by atoms with Crippen LogP contribution < -0.4 is 14.8 Å². The summed E-state index contributed by atoms with van der Waals surface area (Å²) in [7, 11) is 1.60. The quantitative estimate of drug-likeness (QED) is 0.197. The zero-order chi connectivity index (χ0) is 27.1. The van der Waals surface area contributed by atoms with Crippen LogP contribution in [0.25, 0.3) is 0 Å². The second-order valence-electron chi connectivity index (χ2n) is 10.3. The number of ether oxygens (including phenoxy) is 2. The van der Waals surface area contributed by atoms with Crippen molar-refractivity contribution in [1.29, 1.82) is 0 Å². The number of benzene rings is 2. The zero-order valence-corrected chi connectivity index (χ0v) is 22.5. The number of aliphatic hydroxyl groups is 1. The van der Waals surface area contributed by atoms with Gasteiger partial charge in [-0.3, -0.25) is 9.59 Å². The summed E-state index contributed by atoms with van der Waals surface area (Å²) in [4.78, 5) is 27.4. The van der Waals surface area contributed by atoms with Gasteiger partial charge in [-0.05, 0) is 74.2 Å². The van der Waals surface area contributed by atoms with E-state index in [0.29, 0.717) is 37.4 Å². The number of nitrogens with one attached hydrogen (secondary N) is 1. The van der Waals surface area contributed by atoms with Crippen LogP contribution in [-0.2, 0) is 4.79 Å². The molecule has 2 aliphatic rings. The fourth-order valence-electron chi connectivity index (χ4n) is 4.71. The number of amides is 1. The molecule has 7 heteroatoms. The van der Waals surface area contributed by atoms with Crippen LogP contribution in [-0.4, -0.2) is 53.5 Å². The number of rotatable bonds is 15. The first-order valence-electron chi connectivity index (χ1n) is 13.5. The maximum Gasteiger partial charge on any atom is 0.220 e. The first-order chi connectivity index (χ1) is 18.3. The summed E-state index contributed by atoms with van der Waals surface area (Å²) in [6.45, 7) is 4.45. The Balaban J connectivity index is 1.25. The third-order valence-corrected chi connectivity index (χ3v) is 6.92. The zero-order valence-electron chi connectivity index (χ0n) is 22.5. The molecule has 1 aliphatic carbocycles. The number of Topliss-reactive ketones (excluding diaryl/α,β-unsaturated/α-hetero) is 1. The summed E-state index contributed by atoms with van der Waals surface area (Å²) in [5.74, 6) is 1.47. The summed E-state index contributed by atoms with van der Waals surface area (Å²) in [5, 5.41) is 14.3. The number of ketones is 1. The predicted molar refractivity (Wildman–Crippen MR) is 146 cm³/mol. The Hall–Kier alpha value is -3.54. The molecule has 1 saturated carbocycles. The standard InChI is InChI=1S/C31H38N2O5/c1-21(2)38-26-15-11-23(12-16-26)31(36)27(20-33-18-17-24-19-28(24)33)32-30(35)8-6-4-5-7-29(34)22-9-13-25(37-3)14-10-22/h9-16,18,21,27-28,31,36H,4-8,19-20H2,1-3H3,(H,32,35)/t27-,28?,31-/m1/s1. The highest BCUT2D eigenvalue weighted by Gasteiger charge is 2.39. The van der Waals surface area contributed by atoms with Crippen LogP contribution in [0.15, 0.2) is 66.0 Å². The SMILES string of the molecule is COc1ccc(C(=O)CCCCCC(=O)N[C@H](CN2C=C=C3CC32)[C@H](O)c2ccc(OC(C)C)cc2)cc1. The number of hydrogen-bond donors (Lipinski definition) is 2. The van der Waals surface area contributed by atoms with E-state index in [1.807, 2.05) is 44.3 Å². The summed E-state index contributed by atoms with van der Waals surface area (Å²) in [6, 6.07) is 14.4. The minimum atomic E-state index is -0.856. The third kappa shape index (κ3) is 7.50. The number of aliphatic hydroxyl groups excluding tert-OH is 1. The Bertz CT molecular complexity index is 1170. The Kier molecular flexibility index (Phi) is 9.27. The van der Waals surface area contributed by atoms with E-state index in [9.17, 15) is 14.7 Å². The van der Waals surface area contributed by atoms with Crippen molar-refractivity contribution in [3.05, 3.63) is 77.2 Å². The average Bonchev–Trinajstić information content (AvgIpc) is 3.60. The molecular weight excluding hydrogens is 480 g/mol. The Morgan fingerprint density at radius 3 is 2.32 bits per heavy atom. The molecule has 1 heterocycles. The number of fused-ring (bicyclic) bond motifs is 1. The molecule has 0 aromatic heterocycles. The lowest BCUT2D eigenvalue weighted by Gasteiger charge is -2.29. The molecule has 3 atom stereocenters. The lowest BCUT2D eigenvalue weighted by molar-refractivity contribution is -0.123. The van der Waals surface area contributed by atoms with E-state index in [4.69, 9.17) is 9.47 Å². The highest BCUT2D eigenvalue weighted by Crippen LogP contribution is 2.38. The maximum absolute atomic E-state index is 12.8. The molecule has 0 bridgehead atoms. The van der Waals surface area contributed by atoms with E-state index >= 15 is 0 Å². The van der Waals surface area contributed by atoms with Gasteiger partial charge < -0.3 is 24.8 Å². The van der Waals surface area contributed by atoms with Crippen molar-refractivity contribution < 1.29 is 24.2 Å². The highest BCUT2D eigenvalue weighted by atomic mass is 16.5. The van der Waals surface area contributed by atoms with Crippen LogP contribution in [0.5, 0.6) is 11.5 Å². The van der Waals surface area contributed by atoms with Crippen molar-refractivity contribution >= 4 is 11.7 Å². The summed E-state index contributed by atoms with van der Waals surface area (Å²) >= 11 is 0. The van der Waals surface area contributed by atoms with Crippen molar-refractivity contribution in [1.82, 2.24) is 10.2 Å². The average molecular weight is 519 g/mol. The molecule has 0 spiro atoms. The van der Waals surface area contributed by atoms with Crippen LogP contribution in [0, 0.1) is 0 Å². The molecule has 202 valence electrons. The summed E-state index contributed by atoms with van der Waals surface area (Å²) in [6.07, 6.45) is 5.13. The molecular formula is C31H38N2O5. The van der Waals surface area contributed by atoms with Gasteiger partial charge in [-0.1, -0.05) is 18.6 Å². The van der Waals surface area contributed by atoms with Crippen LogP contribution in [0.3, 0.4) is 0 Å². The van der Waals surface area contributed by atoms with E-state index in [2.05, 4.69) is 15.9 Å². The molecule has 1 aliphatic heterocycles. The molecule has 2 aromatic carbocycles. The Labute approximate surface area is 225 Å². The smallest absolute Gasteiger partial charge is 0.220 e. The van der Waals surface area contributed by atoms with E-state index < -0.39 is 12.1 Å². The summed E-state index contributed by atoms with van der Waals surface area (Å²) in [5.41, 5.74) is 5.94. The minimum absolute atomic E-state index is 0.0700. The lowest BCUT2D eigenvalue weighted by atomic mass is 10.0. The lowest BCUT2D eigenvalue weighted by Crippen LogP contribution is -2.46. The van der Waals surface area contributed by atoms with E-state index in [0.717, 1.165) is 36.3 Å². The van der Waals surface area contributed by atoms with Crippen molar-refractivity contribution in [3.63, 3.8) is 0 Å². The van der Waals surface area contributed by atoms with Gasteiger partial charge in [0.25, 0.3) is 0 Å². The molecule has 1 unspecified atom stereocenters. The number of hydrogen-bond acceptors (Lipinski definition) is 6. The molecule has 1 amide bonds. The molecule has 2 aromatic rings. The van der Waals surface area contributed by atoms with Gasteiger partial charge in [0.05, 0.1) is 25.3 Å². The van der Waals surface area contributed by atoms with Gasteiger partial charge in [0.1, 0.15) is 17.6 Å². The van der Waals surface area contributed by atoms with Crippen molar-refractivity contribution in [2.45, 2.75) is 76.7 Å². The maximum atomic E-state index is 12.8. The second kappa shape index (κ2) is 12.8. The fraction of sp³-hybridized carbons (Fsp3) is 0.452. The van der Waals surface area contributed by atoms with Crippen molar-refractivity contribution in [2.24, 2.45) is 0 Å². The van der Waals surface area contributed by atoms with Crippen LogP contribution in [0.1, 0.15) is 74.4 Å². The van der Waals surface area contributed by atoms with Gasteiger partial charge >= 0.3 is 0 Å². The Morgan fingerprint density at radius 1 is 1.03 bits per heavy atom. The van der Waals surface area contributed by atoms with Crippen LogP contribution >= 0.6 is 0 Å². The molecule has 1 fully saturated rings.